The van der Waals surface area contributed by atoms with Gasteiger partial charge in [-0.3, -0.25) is 5.21 Å². The maximum absolute atomic E-state index is 9.04. The van der Waals surface area contributed by atoms with Gasteiger partial charge in [0.1, 0.15) is 18.0 Å². The van der Waals surface area contributed by atoms with Crippen molar-refractivity contribution >= 4 is 5.65 Å². The summed E-state index contributed by atoms with van der Waals surface area (Å²) in [4.78, 5) is 9.45. The Kier molecular flexibility index (Phi) is 3.75. The van der Waals surface area contributed by atoms with Crippen molar-refractivity contribution in [3.63, 3.8) is 0 Å². The van der Waals surface area contributed by atoms with Crippen LogP contribution in [0.25, 0.3) is 5.65 Å². The van der Waals surface area contributed by atoms with Crippen LogP contribution in [0.5, 0.6) is 11.6 Å². The highest BCUT2D eigenvalue weighted by Gasteiger charge is 2.23. The number of hydrogen-bond donors (Lipinski definition) is 1. The summed E-state index contributed by atoms with van der Waals surface area (Å²) in [7, 11) is 1.34. The highest BCUT2D eigenvalue weighted by Crippen LogP contribution is 2.39. The highest BCUT2D eigenvalue weighted by molar-refractivity contribution is 5.42. The van der Waals surface area contributed by atoms with E-state index in [1.165, 1.54) is 31.6 Å². The molecule has 0 unspecified atom stereocenters. The number of hydroxylamine groups is 2. The zero-order chi connectivity index (χ0) is 16.5. The Balaban J connectivity index is 1.46. The summed E-state index contributed by atoms with van der Waals surface area (Å²) in [6.07, 6.45) is 8.14. The molecule has 0 aromatic carbocycles. The highest BCUT2D eigenvalue weighted by atomic mass is 16.9. The number of nitrogens with zero attached hydrogens (tertiary/aromatic N) is 5. The van der Waals surface area contributed by atoms with Crippen LogP contribution in [0.2, 0.25) is 0 Å². The summed E-state index contributed by atoms with van der Waals surface area (Å²) in [5.41, 5.74) is 3.08. The van der Waals surface area contributed by atoms with Crippen molar-refractivity contribution in [3.05, 3.63) is 48.0 Å². The average molecular weight is 327 g/mol. The monoisotopic (exact) mass is 327 g/mol. The number of aromatic nitrogens is 4. The molecule has 0 aliphatic heterocycles. The number of rotatable bonds is 6. The van der Waals surface area contributed by atoms with Gasteiger partial charge in [-0.15, -0.1) is 5.10 Å². The molecule has 0 spiro atoms. The van der Waals surface area contributed by atoms with Gasteiger partial charge in [-0.2, -0.15) is 5.10 Å². The van der Waals surface area contributed by atoms with Gasteiger partial charge in [-0.05, 0) is 35.6 Å². The van der Waals surface area contributed by atoms with Gasteiger partial charge >= 0.3 is 0 Å². The van der Waals surface area contributed by atoms with Crippen LogP contribution in [0, 0.1) is 0 Å². The lowest BCUT2D eigenvalue weighted by Gasteiger charge is -2.09. The van der Waals surface area contributed by atoms with E-state index in [-0.39, 0.29) is 5.88 Å². The van der Waals surface area contributed by atoms with Crippen LogP contribution in [0.3, 0.4) is 0 Å². The molecule has 0 saturated heterocycles. The van der Waals surface area contributed by atoms with Crippen LogP contribution in [0.15, 0.2) is 36.8 Å². The fourth-order valence-corrected chi connectivity index (χ4v) is 2.54. The Labute approximate surface area is 138 Å². The van der Waals surface area contributed by atoms with Gasteiger partial charge in [0.2, 0.25) is 0 Å². The first-order valence-electron chi connectivity index (χ1n) is 7.71. The smallest absolute Gasteiger partial charge is 0.263 e. The Hall–Kier alpha value is -2.71. The van der Waals surface area contributed by atoms with Crippen LogP contribution < -0.4 is 9.57 Å². The topological polar surface area (TPSA) is 85.0 Å². The first-order chi connectivity index (χ1) is 11.7. The summed E-state index contributed by atoms with van der Waals surface area (Å²) in [6, 6.07) is 5.72. The normalized spacial score (nSPS) is 14.3. The minimum absolute atomic E-state index is 0.140. The fourth-order valence-electron chi connectivity index (χ4n) is 2.54. The van der Waals surface area contributed by atoms with Crippen LogP contribution >= 0.6 is 0 Å². The third-order valence-corrected chi connectivity index (χ3v) is 3.79. The second-order valence-electron chi connectivity index (χ2n) is 5.81. The van der Waals surface area contributed by atoms with E-state index >= 15 is 0 Å². The van der Waals surface area contributed by atoms with Crippen LogP contribution in [-0.4, -0.2) is 37.1 Å². The van der Waals surface area contributed by atoms with E-state index in [9.17, 15) is 0 Å². The van der Waals surface area contributed by atoms with E-state index in [0.717, 1.165) is 11.3 Å². The second kappa shape index (κ2) is 6.06. The number of ether oxygens (including phenoxy) is 1. The lowest BCUT2D eigenvalue weighted by atomic mass is 10.2. The molecule has 1 aliphatic rings. The maximum Gasteiger partial charge on any atom is 0.263 e. The van der Waals surface area contributed by atoms with Gasteiger partial charge in [0.25, 0.3) is 5.88 Å². The molecule has 8 nitrogen and oxygen atoms in total. The van der Waals surface area contributed by atoms with Gasteiger partial charge in [-0.25, -0.2) is 4.98 Å². The fraction of sp³-hybridized carbons (Fsp3) is 0.312. The predicted octanol–water partition coefficient (Wildman–Crippen LogP) is 2.20. The van der Waals surface area contributed by atoms with Gasteiger partial charge < -0.3 is 14.0 Å². The number of pyridine rings is 1. The Morgan fingerprint density at radius 2 is 2.21 bits per heavy atom. The molecule has 1 fully saturated rings. The van der Waals surface area contributed by atoms with Crippen molar-refractivity contribution in [1.29, 1.82) is 0 Å². The average Bonchev–Trinajstić information content (AvgIpc) is 3.32. The molecule has 0 amide bonds. The standard InChI is InChI=1S/C16H17N5O3/c1-20(22)24-16-6-14(7-17-19-16)23-10-13-9-21-8-12(11-2-3-11)4-5-15(21)18-13/h4-9,11,22H,2-3,10H2,1H3. The minimum atomic E-state index is 0.140. The molecule has 1 N–H and O–H groups in total. The van der Waals surface area contributed by atoms with E-state index in [1.54, 1.807) is 6.07 Å². The third kappa shape index (κ3) is 3.29. The van der Waals surface area contributed by atoms with E-state index in [0.29, 0.717) is 23.5 Å². The molecular weight excluding hydrogens is 310 g/mol. The van der Waals surface area contributed by atoms with Gasteiger partial charge in [0, 0.05) is 18.5 Å². The molecule has 0 bridgehead atoms. The largest absolute Gasteiger partial charge is 0.485 e. The predicted molar refractivity (Wildman–Crippen MR) is 83.7 cm³/mol. The SMILES string of the molecule is CN(O)Oc1cc(OCc2cn3cc(C4CC4)ccc3n2)cnn1. The minimum Gasteiger partial charge on any atom is -0.485 e. The molecule has 0 atom stereocenters. The van der Waals surface area contributed by atoms with Crippen LogP contribution in [-0.2, 0) is 6.61 Å². The van der Waals surface area contributed by atoms with Crippen molar-refractivity contribution < 1.29 is 14.8 Å². The molecule has 4 rings (SSSR count). The van der Waals surface area contributed by atoms with Crippen molar-refractivity contribution in [1.82, 2.24) is 24.8 Å². The third-order valence-electron chi connectivity index (χ3n) is 3.79. The van der Waals surface area contributed by atoms with Crippen molar-refractivity contribution in [2.75, 3.05) is 7.05 Å². The first-order valence-corrected chi connectivity index (χ1v) is 7.71. The van der Waals surface area contributed by atoms with E-state index in [1.807, 2.05) is 16.7 Å². The summed E-state index contributed by atoms with van der Waals surface area (Å²) in [5.74, 6) is 1.33. The van der Waals surface area contributed by atoms with E-state index in [4.69, 9.17) is 14.8 Å². The van der Waals surface area contributed by atoms with Crippen molar-refractivity contribution in [3.8, 4) is 11.6 Å². The molecule has 3 heterocycles. The molecule has 0 radical (unpaired) electrons. The van der Waals surface area contributed by atoms with E-state index < -0.39 is 0 Å². The molecule has 3 aromatic rings. The number of hydrogen-bond acceptors (Lipinski definition) is 7. The molecular formula is C16H17N5O3. The molecule has 24 heavy (non-hydrogen) atoms. The van der Waals surface area contributed by atoms with Crippen molar-refractivity contribution in [2.24, 2.45) is 0 Å². The molecule has 1 saturated carbocycles. The summed E-state index contributed by atoms with van der Waals surface area (Å²) >= 11 is 0. The van der Waals surface area contributed by atoms with Crippen molar-refractivity contribution in [2.45, 2.75) is 25.4 Å². The lowest BCUT2D eigenvalue weighted by molar-refractivity contribution is -0.264. The summed E-state index contributed by atoms with van der Waals surface area (Å²) < 4.78 is 7.71. The quantitative estimate of drug-likeness (QED) is 0.695. The Morgan fingerprint density at radius 1 is 1.33 bits per heavy atom. The van der Waals surface area contributed by atoms with Crippen LogP contribution in [0.4, 0.5) is 0 Å². The Morgan fingerprint density at radius 3 is 3.00 bits per heavy atom. The van der Waals surface area contributed by atoms with E-state index in [2.05, 4.69) is 27.4 Å². The Bertz CT molecular complexity index is 860. The lowest BCUT2D eigenvalue weighted by Crippen LogP contribution is -2.18. The molecule has 8 heteroatoms. The maximum atomic E-state index is 9.04. The first kappa shape index (κ1) is 14.9. The zero-order valence-electron chi connectivity index (χ0n) is 13.2. The second-order valence-corrected chi connectivity index (χ2v) is 5.81. The van der Waals surface area contributed by atoms with Crippen LogP contribution in [0.1, 0.15) is 30.0 Å². The summed E-state index contributed by atoms with van der Waals surface area (Å²) in [5, 5.41) is 17.1. The van der Waals surface area contributed by atoms with Gasteiger partial charge in [-0.1, -0.05) is 6.07 Å². The molecule has 1 aliphatic carbocycles. The number of imidazole rings is 1. The zero-order valence-corrected chi connectivity index (χ0v) is 13.2. The van der Waals surface area contributed by atoms with Gasteiger partial charge in [0.05, 0.1) is 18.9 Å². The molecule has 124 valence electrons. The molecule has 3 aromatic heterocycles. The number of fused-ring (bicyclic) bond motifs is 1. The van der Waals surface area contributed by atoms with Gasteiger partial charge in [0.15, 0.2) is 0 Å². The summed E-state index contributed by atoms with van der Waals surface area (Å²) in [6.45, 7) is 0.306.